The van der Waals surface area contributed by atoms with Gasteiger partial charge in [0.1, 0.15) is 0 Å². The van der Waals surface area contributed by atoms with Crippen molar-refractivity contribution in [3.8, 4) is 11.3 Å². The van der Waals surface area contributed by atoms with Crippen LogP contribution in [-0.2, 0) is 19.6 Å². The summed E-state index contributed by atoms with van der Waals surface area (Å²) in [5, 5.41) is 4.93. The molecule has 2 heterocycles. The quantitative estimate of drug-likeness (QED) is 0.733. The lowest BCUT2D eigenvalue weighted by Gasteiger charge is -2.14. The molecule has 0 saturated heterocycles. The number of aromatic nitrogens is 2. The van der Waals surface area contributed by atoms with Crippen LogP contribution in [0.15, 0.2) is 54.6 Å². The topological polar surface area (TPSA) is 21.1 Å². The molecule has 116 valence electrons. The molecule has 0 fully saturated rings. The van der Waals surface area contributed by atoms with E-state index >= 15 is 0 Å². The number of aryl methyl sites for hydroxylation is 1. The molecule has 23 heavy (non-hydrogen) atoms. The highest BCUT2D eigenvalue weighted by atomic mass is 15.3. The average Bonchev–Trinajstić information content (AvgIpc) is 3.05. The first-order valence-electron chi connectivity index (χ1n) is 8.09. The summed E-state index contributed by atoms with van der Waals surface area (Å²) in [5.41, 5.74) is 7.79. The summed E-state index contributed by atoms with van der Waals surface area (Å²) in [7, 11) is 2.16. The second kappa shape index (κ2) is 5.67. The lowest BCUT2D eigenvalue weighted by molar-refractivity contribution is 0.346. The van der Waals surface area contributed by atoms with E-state index in [-0.39, 0.29) is 0 Å². The summed E-state index contributed by atoms with van der Waals surface area (Å²) in [6, 6.07) is 19.2. The Kier molecular flexibility index (Phi) is 3.50. The van der Waals surface area contributed by atoms with E-state index in [4.69, 9.17) is 5.10 Å². The molecule has 0 N–H and O–H groups in total. The molecule has 2 aromatic carbocycles. The molecular formula is C20H21N3. The molecule has 1 aromatic heterocycles. The van der Waals surface area contributed by atoms with Crippen LogP contribution in [0.2, 0.25) is 0 Å². The number of nitrogens with zero attached hydrogens (tertiary/aromatic N) is 3. The molecule has 0 spiro atoms. The second-order valence-electron chi connectivity index (χ2n) is 6.40. The van der Waals surface area contributed by atoms with Crippen molar-refractivity contribution in [2.75, 3.05) is 7.05 Å². The number of rotatable bonds is 3. The maximum Gasteiger partial charge on any atom is 0.0816 e. The van der Waals surface area contributed by atoms with Gasteiger partial charge in [0, 0.05) is 24.2 Å². The van der Waals surface area contributed by atoms with Crippen molar-refractivity contribution in [2.24, 2.45) is 0 Å². The standard InChI is InChI=1S/C20H21N3/c1-15-8-6-7-11-17(15)20-18-13-22(2)14-19(18)21-23(20)12-16-9-4-3-5-10-16/h3-11H,12-14H2,1-2H3. The van der Waals surface area contributed by atoms with E-state index < -0.39 is 0 Å². The van der Waals surface area contributed by atoms with Gasteiger partial charge >= 0.3 is 0 Å². The predicted octanol–water partition coefficient (Wildman–Crippen LogP) is 3.85. The van der Waals surface area contributed by atoms with Gasteiger partial charge in [0.15, 0.2) is 0 Å². The van der Waals surface area contributed by atoms with E-state index in [1.54, 1.807) is 0 Å². The highest BCUT2D eigenvalue weighted by Crippen LogP contribution is 2.34. The highest BCUT2D eigenvalue weighted by molar-refractivity contribution is 5.68. The third kappa shape index (κ3) is 2.57. The maximum atomic E-state index is 4.93. The van der Waals surface area contributed by atoms with Crippen molar-refractivity contribution in [1.82, 2.24) is 14.7 Å². The Hall–Kier alpha value is -2.39. The Labute approximate surface area is 137 Å². The van der Waals surface area contributed by atoms with Gasteiger partial charge in [-0.3, -0.25) is 9.58 Å². The normalized spacial score (nSPS) is 14.2. The molecule has 3 heteroatoms. The molecular weight excluding hydrogens is 282 g/mol. The Morgan fingerprint density at radius 1 is 0.957 bits per heavy atom. The van der Waals surface area contributed by atoms with Crippen molar-refractivity contribution in [3.05, 3.63) is 77.0 Å². The third-order valence-electron chi connectivity index (χ3n) is 4.56. The minimum Gasteiger partial charge on any atom is -0.296 e. The van der Waals surface area contributed by atoms with Crippen molar-refractivity contribution >= 4 is 0 Å². The molecule has 4 rings (SSSR count). The van der Waals surface area contributed by atoms with Crippen LogP contribution in [0.4, 0.5) is 0 Å². The Morgan fingerprint density at radius 2 is 1.70 bits per heavy atom. The largest absolute Gasteiger partial charge is 0.296 e. The van der Waals surface area contributed by atoms with Crippen LogP contribution < -0.4 is 0 Å². The van der Waals surface area contributed by atoms with Gasteiger partial charge in [-0.1, -0.05) is 54.6 Å². The van der Waals surface area contributed by atoms with E-state index in [2.05, 4.69) is 78.2 Å². The van der Waals surface area contributed by atoms with Gasteiger partial charge in [0.25, 0.3) is 0 Å². The summed E-state index contributed by atoms with van der Waals surface area (Å²) in [5.74, 6) is 0. The first-order valence-corrected chi connectivity index (χ1v) is 8.09. The molecule has 0 bridgehead atoms. The van der Waals surface area contributed by atoms with Gasteiger partial charge in [0.2, 0.25) is 0 Å². The van der Waals surface area contributed by atoms with Crippen LogP contribution in [0.1, 0.15) is 22.4 Å². The fraction of sp³-hybridized carbons (Fsp3) is 0.250. The Morgan fingerprint density at radius 3 is 2.48 bits per heavy atom. The van der Waals surface area contributed by atoms with Crippen LogP contribution in [-0.4, -0.2) is 21.7 Å². The lowest BCUT2D eigenvalue weighted by atomic mass is 10.0. The van der Waals surface area contributed by atoms with E-state index in [9.17, 15) is 0 Å². The van der Waals surface area contributed by atoms with Crippen molar-refractivity contribution < 1.29 is 0 Å². The highest BCUT2D eigenvalue weighted by Gasteiger charge is 2.26. The van der Waals surface area contributed by atoms with Gasteiger partial charge in [-0.2, -0.15) is 5.10 Å². The summed E-state index contributed by atoms with van der Waals surface area (Å²) in [6.45, 7) is 4.92. The number of hydrogen-bond acceptors (Lipinski definition) is 2. The van der Waals surface area contributed by atoms with Crippen molar-refractivity contribution in [1.29, 1.82) is 0 Å². The molecule has 3 aromatic rings. The minimum atomic E-state index is 0.821. The summed E-state index contributed by atoms with van der Waals surface area (Å²) in [6.07, 6.45) is 0. The summed E-state index contributed by atoms with van der Waals surface area (Å²) >= 11 is 0. The third-order valence-corrected chi connectivity index (χ3v) is 4.56. The Balaban J connectivity index is 1.84. The van der Waals surface area contributed by atoms with Gasteiger partial charge in [-0.05, 0) is 25.1 Å². The summed E-state index contributed by atoms with van der Waals surface area (Å²) in [4.78, 5) is 2.33. The fourth-order valence-electron chi connectivity index (χ4n) is 3.43. The zero-order chi connectivity index (χ0) is 15.8. The van der Waals surface area contributed by atoms with Gasteiger partial charge < -0.3 is 0 Å². The van der Waals surface area contributed by atoms with Gasteiger partial charge in [0.05, 0.1) is 17.9 Å². The smallest absolute Gasteiger partial charge is 0.0816 e. The van der Waals surface area contributed by atoms with E-state index in [0.717, 1.165) is 19.6 Å². The molecule has 1 aliphatic heterocycles. The monoisotopic (exact) mass is 303 g/mol. The van der Waals surface area contributed by atoms with Crippen LogP contribution in [0.5, 0.6) is 0 Å². The lowest BCUT2D eigenvalue weighted by Crippen LogP contribution is -2.13. The van der Waals surface area contributed by atoms with Crippen molar-refractivity contribution in [2.45, 2.75) is 26.6 Å². The van der Waals surface area contributed by atoms with Gasteiger partial charge in [-0.15, -0.1) is 0 Å². The van der Waals surface area contributed by atoms with E-state index in [1.165, 1.54) is 33.6 Å². The average molecular weight is 303 g/mol. The fourth-order valence-corrected chi connectivity index (χ4v) is 3.43. The first-order chi connectivity index (χ1) is 11.2. The molecule has 1 aliphatic rings. The molecule has 0 saturated carbocycles. The van der Waals surface area contributed by atoms with Crippen LogP contribution in [0, 0.1) is 6.92 Å². The van der Waals surface area contributed by atoms with E-state index in [0.29, 0.717) is 0 Å². The molecule has 3 nitrogen and oxygen atoms in total. The molecule has 0 aliphatic carbocycles. The van der Waals surface area contributed by atoms with Crippen LogP contribution >= 0.6 is 0 Å². The summed E-state index contributed by atoms with van der Waals surface area (Å²) < 4.78 is 2.19. The number of hydrogen-bond donors (Lipinski definition) is 0. The van der Waals surface area contributed by atoms with Crippen LogP contribution in [0.25, 0.3) is 11.3 Å². The molecule has 0 atom stereocenters. The number of benzene rings is 2. The molecule has 0 unspecified atom stereocenters. The molecule has 0 radical (unpaired) electrons. The number of fused-ring (bicyclic) bond motifs is 1. The van der Waals surface area contributed by atoms with Crippen molar-refractivity contribution in [3.63, 3.8) is 0 Å². The zero-order valence-electron chi connectivity index (χ0n) is 13.7. The predicted molar refractivity (Wildman–Crippen MR) is 93.1 cm³/mol. The first kappa shape index (κ1) is 14.2. The second-order valence-corrected chi connectivity index (χ2v) is 6.40. The van der Waals surface area contributed by atoms with Crippen LogP contribution in [0.3, 0.4) is 0 Å². The molecule has 0 amide bonds. The maximum absolute atomic E-state index is 4.93. The SMILES string of the molecule is Cc1ccccc1-c1c2c(nn1Cc1ccccc1)CN(C)C2. The van der Waals surface area contributed by atoms with Gasteiger partial charge in [-0.25, -0.2) is 0 Å². The minimum absolute atomic E-state index is 0.821. The van der Waals surface area contributed by atoms with E-state index in [1.807, 2.05) is 0 Å². The Bertz CT molecular complexity index is 833. The zero-order valence-corrected chi connectivity index (χ0v) is 13.7.